The van der Waals surface area contributed by atoms with Crippen LogP contribution in [0.4, 0.5) is 5.69 Å². The molecule has 4 rings (SSSR count). The van der Waals surface area contributed by atoms with E-state index in [-0.39, 0.29) is 11.6 Å². The summed E-state index contributed by atoms with van der Waals surface area (Å²) in [5, 5.41) is 12.1. The van der Waals surface area contributed by atoms with Crippen molar-refractivity contribution in [3.05, 3.63) is 95.3 Å². The van der Waals surface area contributed by atoms with E-state index in [1.54, 1.807) is 37.3 Å². The lowest BCUT2D eigenvalue weighted by Gasteiger charge is -2.11. The molecule has 4 aromatic rings. The number of nitrogens with zero attached hydrogens (tertiary/aromatic N) is 3. The minimum Gasteiger partial charge on any atom is -0.455 e. The number of carbonyl (C=O) groups excluding carboxylic acids is 1. The summed E-state index contributed by atoms with van der Waals surface area (Å²) in [5.41, 5.74) is 1.94. The third kappa shape index (κ3) is 4.28. The van der Waals surface area contributed by atoms with Gasteiger partial charge in [0.15, 0.2) is 11.4 Å². The van der Waals surface area contributed by atoms with E-state index in [0.29, 0.717) is 33.6 Å². The van der Waals surface area contributed by atoms with Crippen molar-refractivity contribution in [2.75, 3.05) is 5.32 Å². The summed E-state index contributed by atoms with van der Waals surface area (Å²) in [4.78, 5) is 14.2. The molecule has 0 bridgehead atoms. The van der Waals surface area contributed by atoms with Gasteiger partial charge in [0.2, 0.25) is 0 Å². The van der Waals surface area contributed by atoms with Crippen LogP contribution >= 0.6 is 11.6 Å². The fourth-order valence-electron chi connectivity index (χ4n) is 2.76. The van der Waals surface area contributed by atoms with E-state index in [1.807, 2.05) is 48.5 Å². The quantitative estimate of drug-likeness (QED) is 0.491. The van der Waals surface area contributed by atoms with Crippen molar-refractivity contribution in [3.8, 4) is 17.2 Å². The van der Waals surface area contributed by atoms with Gasteiger partial charge in [-0.2, -0.15) is 9.90 Å². The summed E-state index contributed by atoms with van der Waals surface area (Å²) >= 11 is 6.03. The predicted octanol–water partition coefficient (Wildman–Crippen LogP) is 5.27. The number of ether oxygens (including phenoxy) is 1. The Morgan fingerprint density at radius 2 is 1.72 bits per heavy atom. The minimum absolute atomic E-state index is 0.222. The molecule has 3 aromatic carbocycles. The van der Waals surface area contributed by atoms with Gasteiger partial charge in [0.05, 0.1) is 17.1 Å². The number of hydrogen-bond acceptors (Lipinski definition) is 4. The topological polar surface area (TPSA) is 69.0 Å². The molecule has 1 heterocycles. The summed E-state index contributed by atoms with van der Waals surface area (Å²) in [5.74, 6) is 0.837. The molecule has 1 amide bonds. The number of aromatic nitrogens is 3. The van der Waals surface area contributed by atoms with Crippen LogP contribution in [0.1, 0.15) is 16.2 Å². The van der Waals surface area contributed by atoms with E-state index in [4.69, 9.17) is 16.3 Å². The van der Waals surface area contributed by atoms with E-state index in [9.17, 15) is 4.79 Å². The second-order valence-corrected chi connectivity index (χ2v) is 6.71. The number of anilines is 1. The van der Waals surface area contributed by atoms with Crippen LogP contribution in [0.3, 0.4) is 0 Å². The van der Waals surface area contributed by atoms with E-state index in [1.165, 1.54) is 4.80 Å². The van der Waals surface area contributed by atoms with Gasteiger partial charge >= 0.3 is 0 Å². The van der Waals surface area contributed by atoms with Gasteiger partial charge < -0.3 is 10.1 Å². The van der Waals surface area contributed by atoms with E-state index in [0.717, 1.165) is 0 Å². The third-order valence-corrected chi connectivity index (χ3v) is 4.38. The molecule has 0 fully saturated rings. The second-order valence-electron chi connectivity index (χ2n) is 6.27. The fourth-order valence-corrected chi connectivity index (χ4v) is 2.95. The molecular formula is C22H17ClN4O2. The summed E-state index contributed by atoms with van der Waals surface area (Å²) in [6.45, 7) is 1.73. The highest BCUT2D eigenvalue weighted by atomic mass is 35.5. The monoisotopic (exact) mass is 404 g/mol. The van der Waals surface area contributed by atoms with Crippen molar-refractivity contribution in [1.82, 2.24) is 15.0 Å². The molecular weight excluding hydrogens is 388 g/mol. The standard InChI is InChI=1S/C22H17ClN4O2/c1-15-21(26-27(25-15)17-9-7-8-16(23)14-17)22(28)24-19-12-5-6-13-20(19)29-18-10-3-2-4-11-18/h2-14H,1H3,(H,24,28). The summed E-state index contributed by atoms with van der Waals surface area (Å²) in [6, 6.07) is 23.7. The van der Waals surface area contributed by atoms with E-state index in [2.05, 4.69) is 15.5 Å². The number of nitrogens with one attached hydrogen (secondary N) is 1. The lowest BCUT2D eigenvalue weighted by molar-refractivity contribution is 0.102. The van der Waals surface area contributed by atoms with Gasteiger partial charge in [0.25, 0.3) is 5.91 Å². The van der Waals surface area contributed by atoms with Crippen molar-refractivity contribution >= 4 is 23.2 Å². The summed E-state index contributed by atoms with van der Waals surface area (Å²) < 4.78 is 5.89. The van der Waals surface area contributed by atoms with Gasteiger partial charge in [0.1, 0.15) is 5.75 Å². The van der Waals surface area contributed by atoms with Crippen LogP contribution in [0.2, 0.25) is 5.02 Å². The van der Waals surface area contributed by atoms with Crippen LogP contribution in [-0.4, -0.2) is 20.9 Å². The summed E-state index contributed by atoms with van der Waals surface area (Å²) in [6.07, 6.45) is 0. The maximum absolute atomic E-state index is 12.8. The van der Waals surface area contributed by atoms with Crippen LogP contribution in [0.15, 0.2) is 78.9 Å². The van der Waals surface area contributed by atoms with Crippen LogP contribution in [0, 0.1) is 6.92 Å². The number of para-hydroxylation sites is 3. The van der Waals surface area contributed by atoms with E-state index < -0.39 is 0 Å². The highest BCUT2D eigenvalue weighted by Gasteiger charge is 2.18. The third-order valence-electron chi connectivity index (χ3n) is 4.14. The van der Waals surface area contributed by atoms with Crippen molar-refractivity contribution in [3.63, 3.8) is 0 Å². The average Bonchev–Trinajstić information content (AvgIpc) is 3.12. The largest absolute Gasteiger partial charge is 0.455 e. The van der Waals surface area contributed by atoms with Gasteiger partial charge in [-0.15, -0.1) is 5.10 Å². The zero-order valence-corrected chi connectivity index (χ0v) is 16.3. The zero-order valence-electron chi connectivity index (χ0n) is 15.5. The lowest BCUT2D eigenvalue weighted by atomic mass is 10.2. The van der Waals surface area contributed by atoms with Crippen LogP contribution in [0.5, 0.6) is 11.5 Å². The lowest BCUT2D eigenvalue weighted by Crippen LogP contribution is -2.14. The predicted molar refractivity (Wildman–Crippen MR) is 112 cm³/mol. The Hall–Kier alpha value is -3.64. The van der Waals surface area contributed by atoms with Crippen molar-refractivity contribution in [2.45, 2.75) is 6.92 Å². The molecule has 0 unspecified atom stereocenters. The number of rotatable bonds is 5. The number of carbonyl (C=O) groups is 1. The molecule has 0 radical (unpaired) electrons. The number of halogens is 1. The first kappa shape index (κ1) is 18.7. The Labute approximate surface area is 172 Å². The molecule has 6 nitrogen and oxygen atoms in total. The maximum atomic E-state index is 12.8. The highest BCUT2D eigenvalue weighted by Crippen LogP contribution is 2.29. The molecule has 144 valence electrons. The minimum atomic E-state index is -0.375. The van der Waals surface area contributed by atoms with Gasteiger partial charge in [-0.3, -0.25) is 4.79 Å². The second kappa shape index (κ2) is 8.16. The van der Waals surface area contributed by atoms with Crippen LogP contribution in [-0.2, 0) is 0 Å². The Kier molecular flexibility index (Phi) is 5.27. The number of hydrogen-bond donors (Lipinski definition) is 1. The first-order chi connectivity index (χ1) is 14.1. The molecule has 7 heteroatoms. The van der Waals surface area contributed by atoms with Gasteiger partial charge in [0, 0.05) is 5.02 Å². The average molecular weight is 405 g/mol. The van der Waals surface area contributed by atoms with Gasteiger partial charge in [-0.25, -0.2) is 0 Å². The number of amides is 1. The van der Waals surface area contributed by atoms with Crippen molar-refractivity contribution in [1.29, 1.82) is 0 Å². The molecule has 0 atom stereocenters. The first-order valence-corrected chi connectivity index (χ1v) is 9.31. The van der Waals surface area contributed by atoms with Crippen molar-refractivity contribution in [2.24, 2.45) is 0 Å². The molecule has 0 aliphatic heterocycles. The Morgan fingerprint density at radius 1 is 0.966 bits per heavy atom. The molecule has 1 N–H and O–H groups in total. The fraction of sp³-hybridized carbons (Fsp3) is 0.0455. The van der Waals surface area contributed by atoms with Crippen molar-refractivity contribution < 1.29 is 9.53 Å². The molecule has 29 heavy (non-hydrogen) atoms. The smallest absolute Gasteiger partial charge is 0.278 e. The molecule has 1 aromatic heterocycles. The summed E-state index contributed by atoms with van der Waals surface area (Å²) in [7, 11) is 0. The van der Waals surface area contributed by atoms with Crippen LogP contribution < -0.4 is 10.1 Å². The zero-order chi connectivity index (χ0) is 20.2. The van der Waals surface area contributed by atoms with Gasteiger partial charge in [-0.05, 0) is 49.4 Å². The molecule has 0 spiro atoms. The number of aryl methyl sites for hydroxylation is 1. The Morgan fingerprint density at radius 3 is 2.52 bits per heavy atom. The first-order valence-electron chi connectivity index (χ1n) is 8.93. The molecule has 0 saturated carbocycles. The SMILES string of the molecule is Cc1nn(-c2cccc(Cl)c2)nc1C(=O)Nc1ccccc1Oc1ccccc1. The Bertz CT molecular complexity index is 1160. The van der Waals surface area contributed by atoms with E-state index >= 15 is 0 Å². The normalized spacial score (nSPS) is 10.6. The number of benzene rings is 3. The Balaban J connectivity index is 1.58. The molecule has 0 aliphatic carbocycles. The molecule has 0 aliphatic rings. The van der Waals surface area contributed by atoms with Crippen LogP contribution in [0.25, 0.3) is 5.69 Å². The highest BCUT2D eigenvalue weighted by molar-refractivity contribution is 6.30. The maximum Gasteiger partial charge on any atom is 0.278 e. The molecule has 0 saturated heterocycles. The van der Waals surface area contributed by atoms with Gasteiger partial charge in [-0.1, -0.05) is 48.0 Å².